The molecule has 6 nitrogen and oxygen atoms in total. The molecular formula is C23H29FN4O2S. The van der Waals surface area contributed by atoms with Gasteiger partial charge in [0.15, 0.2) is 0 Å². The van der Waals surface area contributed by atoms with Crippen LogP contribution in [-0.2, 0) is 16.0 Å². The fourth-order valence-electron chi connectivity index (χ4n) is 4.47. The standard InChI is InChI=1S/C23H29FN4O2S/c1-23-12-11-21(29)28(23)20(15-31-23)22(30)27(2)13-5-3-4-6-18-14-19(26-25-18)16-7-9-17(24)10-8-16/h7-10,14,20H,3-6,11-13,15H2,1-2H3,(H,25,26). The average Bonchev–Trinajstić information content (AvgIpc) is 3.43. The highest BCUT2D eigenvalue weighted by atomic mass is 32.2. The van der Waals surface area contributed by atoms with Crippen LogP contribution in [0.4, 0.5) is 4.39 Å². The number of thioether (sulfide) groups is 1. The van der Waals surface area contributed by atoms with Gasteiger partial charge in [-0.05, 0) is 62.9 Å². The predicted octanol–water partition coefficient (Wildman–Crippen LogP) is 3.84. The zero-order valence-corrected chi connectivity index (χ0v) is 18.9. The summed E-state index contributed by atoms with van der Waals surface area (Å²) in [5.74, 6) is 0.611. The molecule has 1 N–H and O–H groups in total. The van der Waals surface area contributed by atoms with Crippen molar-refractivity contribution in [2.45, 2.75) is 56.4 Å². The normalized spacial score (nSPS) is 22.7. The van der Waals surface area contributed by atoms with Crippen molar-refractivity contribution in [3.05, 3.63) is 41.8 Å². The highest BCUT2D eigenvalue weighted by Gasteiger charge is 2.53. The van der Waals surface area contributed by atoms with Crippen molar-refractivity contribution in [1.29, 1.82) is 0 Å². The van der Waals surface area contributed by atoms with Crippen LogP contribution in [0.25, 0.3) is 11.3 Å². The first-order valence-corrected chi connectivity index (χ1v) is 11.9. The molecule has 31 heavy (non-hydrogen) atoms. The smallest absolute Gasteiger partial charge is 0.246 e. The third-order valence-electron chi connectivity index (χ3n) is 6.32. The van der Waals surface area contributed by atoms with Crippen molar-refractivity contribution >= 4 is 23.6 Å². The SMILES string of the molecule is CN(CCCCCc1cc(-c2ccc(F)cc2)n[nH]1)C(=O)C1CSC2(C)CCC(=O)N12. The van der Waals surface area contributed by atoms with Crippen LogP contribution in [0.3, 0.4) is 0 Å². The minimum atomic E-state index is -0.315. The summed E-state index contributed by atoms with van der Waals surface area (Å²) in [6.07, 6.45) is 5.18. The Kier molecular flexibility index (Phi) is 6.36. The fourth-order valence-corrected chi connectivity index (χ4v) is 5.89. The van der Waals surface area contributed by atoms with E-state index in [2.05, 4.69) is 17.1 Å². The summed E-state index contributed by atoms with van der Waals surface area (Å²) in [6.45, 7) is 2.77. The number of hydrogen-bond acceptors (Lipinski definition) is 4. The number of fused-ring (bicyclic) bond motifs is 1. The Morgan fingerprint density at radius 1 is 1.32 bits per heavy atom. The Morgan fingerprint density at radius 2 is 2.10 bits per heavy atom. The molecule has 1 aromatic heterocycles. The molecule has 8 heteroatoms. The number of aryl methyl sites for hydroxylation is 1. The number of hydrogen-bond donors (Lipinski definition) is 1. The van der Waals surface area contributed by atoms with Crippen molar-refractivity contribution < 1.29 is 14.0 Å². The van der Waals surface area contributed by atoms with E-state index in [1.165, 1.54) is 12.1 Å². The number of halogens is 1. The van der Waals surface area contributed by atoms with Crippen LogP contribution < -0.4 is 0 Å². The number of unbranched alkanes of at least 4 members (excludes halogenated alkanes) is 2. The van der Waals surface area contributed by atoms with Crippen molar-refractivity contribution in [2.24, 2.45) is 0 Å². The molecule has 2 aromatic rings. The lowest BCUT2D eigenvalue weighted by atomic mass is 10.1. The molecule has 0 bridgehead atoms. The molecule has 2 saturated heterocycles. The molecule has 2 unspecified atom stereocenters. The first kappa shape index (κ1) is 21.9. The number of rotatable bonds is 8. The van der Waals surface area contributed by atoms with Gasteiger partial charge in [0.1, 0.15) is 11.9 Å². The fraction of sp³-hybridized carbons (Fsp3) is 0.522. The van der Waals surface area contributed by atoms with Crippen LogP contribution in [0, 0.1) is 5.82 Å². The summed E-state index contributed by atoms with van der Waals surface area (Å²) in [4.78, 5) is 28.6. The minimum Gasteiger partial charge on any atom is -0.344 e. The number of aromatic nitrogens is 2. The second-order valence-electron chi connectivity index (χ2n) is 8.62. The molecule has 0 aliphatic carbocycles. The van der Waals surface area contributed by atoms with Gasteiger partial charge in [-0.1, -0.05) is 6.42 Å². The first-order valence-electron chi connectivity index (χ1n) is 10.9. The van der Waals surface area contributed by atoms with Crippen LogP contribution in [0.1, 0.15) is 44.7 Å². The molecule has 166 valence electrons. The zero-order chi connectivity index (χ0) is 22.0. The Hall–Kier alpha value is -2.35. The van der Waals surface area contributed by atoms with Gasteiger partial charge in [0.25, 0.3) is 0 Å². The van der Waals surface area contributed by atoms with Gasteiger partial charge in [0, 0.05) is 37.0 Å². The number of H-pyrrole nitrogens is 1. The molecule has 1 aromatic carbocycles. The topological polar surface area (TPSA) is 69.3 Å². The van der Waals surface area contributed by atoms with Gasteiger partial charge >= 0.3 is 0 Å². The Labute approximate surface area is 186 Å². The molecule has 0 spiro atoms. The van der Waals surface area contributed by atoms with E-state index in [0.717, 1.165) is 49.1 Å². The molecule has 2 amide bonds. The number of amides is 2. The summed E-state index contributed by atoms with van der Waals surface area (Å²) >= 11 is 1.73. The van der Waals surface area contributed by atoms with E-state index in [1.807, 2.05) is 18.0 Å². The first-order chi connectivity index (χ1) is 14.9. The molecule has 4 rings (SSSR count). The van der Waals surface area contributed by atoms with Crippen molar-refractivity contribution in [2.75, 3.05) is 19.3 Å². The van der Waals surface area contributed by atoms with Crippen molar-refractivity contribution in [3.63, 3.8) is 0 Å². The number of carbonyl (C=O) groups excluding carboxylic acids is 2. The lowest BCUT2D eigenvalue weighted by Crippen LogP contribution is -2.50. The van der Waals surface area contributed by atoms with Crippen LogP contribution in [0.5, 0.6) is 0 Å². The second-order valence-corrected chi connectivity index (χ2v) is 10.1. The highest BCUT2D eigenvalue weighted by molar-refractivity contribution is 8.01. The summed E-state index contributed by atoms with van der Waals surface area (Å²) in [7, 11) is 1.84. The number of nitrogens with one attached hydrogen (secondary N) is 1. The highest BCUT2D eigenvalue weighted by Crippen LogP contribution is 2.47. The van der Waals surface area contributed by atoms with Gasteiger partial charge < -0.3 is 9.80 Å². The van der Waals surface area contributed by atoms with Crippen molar-refractivity contribution in [3.8, 4) is 11.3 Å². The van der Waals surface area contributed by atoms with Gasteiger partial charge in [-0.15, -0.1) is 11.8 Å². The number of benzene rings is 1. The Bertz CT molecular complexity index is 947. The van der Waals surface area contributed by atoms with Crippen LogP contribution in [0.15, 0.2) is 30.3 Å². The quantitative estimate of drug-likeness (QED) is 0.628. The third-order valence-corrected chi connectivity index (χ3v) is 7.82. The summed E-state index contributed by atoms with van der Waals surface area (Å²) < 4.78 is 13.1. The zero-order valence-electron chi connectivity index (χ0n) is 18.1. The molecule has 0 saturated carbocycles. The van der Waals surface area contributed by atoms with Gasteiger partial charge in [0.2, 0.25) is 11.8 Å². The Morgan fingerprint density at radius 3 is 2.87 bits per heavy atom. The molecule has 0 radical (unpaired) electrons. The maximum Gasteiger partial charge on any atom is 0.246 e. The van der Waals surface area contributed by atoms with Crippen LogP contribution in [0.2, 0.25) is 0 Å². The van der Waals surface area contributed by atoms with E-state index < -0.39 is 0 Å². The Balaban J connectivity index is 1.19. The lowest BCUT2D eigenvalue weighted by Gasteiger charge is -2.31. The monoisotopic (exact) mass is 444 g/mol. The minimum absolute atomic E-state index is 0.0592. The molecule has 3 heterocycles. The maximum absolute atomic E-state index is 13.1. The second kappa shape index (κ2) is 9.02. The molecular weight excluding hydrogens is 415 g/mol. The lowest BCUT2D eigenvalue weighted by molar-refractivity contribution is -0.142. The van der Waals surface area contributed by atoms with Crippen LogP contribution >= 0.6 is 11.8 Å². The van der Waals surface area contributed by atoms with Gasteiger partial charge in [-0.2, -0.15) is 5.10 Å². The number of nitrogens with zero attached hydrogens (tertiary/aromatic N) is 3. The number of carbonyl (C=O) groups is 2. The van der Waals surface area contributed by atoms with E-state index in [4.69, 9.17) is 0 Å². The maximum atomic E-state index is 13.1. The van der Waals surface area contributed by atoms with Gasteiger partial charge in [-0.3, -0.25) is 14.7 Å². The molecule has 2 fully saturated rings. The third kappa shape index (κ3) is 4.63. The van der Waals surface area contributed by atoms with Crippen molar-refractivity contribution in [1.82, 2.24) is 20.0 Å². The van der Waals surface area contributed by atoms with E-state index >= 15 is 0 Å². The van der Waals surface area contributed by atoms with E-state index in [1.54, 1.807) is 28.8 Å². The van der Waals surface area contributed by atoms with Gasteiger partial charge in [0.05, 0.1) is 10.6 Å². The predicted molar refractivity (Wildman–Crippen MR) is 120 cm³/mol. The largest absolute Gasteiger partial charge is 0.344 e. The average molecular weight is 445 g/mol. The number of aromatic amines is 1. The summed E-state index contributed by atoms with van der Waals surface area (Å²) in [6, 6.07) is 8.01. The number of likely N-dealkylation sites (N-methyl/N-ethyl adjacent to an activating group) is 1. The van der Waals surface area contributed by atoms with E-state index in [0.29, 0.717) is 18.7 Å². The van der Waals surface area contributed by atoms with Gasteiger partial charge in [-0.25, -0.2) is 4.39 Å². The van der Waals surface area contributed by atoms with E-state index in [-0.39, 0.29) is 28.5 Å². The van der Waals surface area contributed by atoms with Crippen LogP contribution in [-0.4, -0.2) is 62.1 Å². The summed E-state index contributed by atoms with van der Waals surface area (Å²) in [5.41, 5.74) is 2.76. The van der Waals surface area contributed by atoms with E-state index in [9.17, 15) is 14.0 Å². The summed E-state index contributed by atoms with van der Waals surface area (Å²) in [5, 5.41) is 7.37. The molecule has 2 aliphatic rings. The molecule has 2 atom stereocenters. The molecule has 2 aliphatic heterocycles.